The summed E-state index contributed by atoms with van der Waals surface area (Å²) in [6.07, 6.45) is 5.18. The molecule has 2 heterocycles. The highest BCUT2D eigenvalue weighted by Gasteiger charge is 2.15. The molecule has 6 heteroatoms. The van der Waals surface area contributed by atoms with Gasteiger partial charge in [0, 0.05) is 0 Å². The maximum atomic E-state index is 6.13. The molecule has 3 aromatic rings. The molecule has 1 aromatic carbocycles. The largest absolute Gasteiger partial charge is 0.493 e. The van der Waals surface area contributed by atoms with E-state index >= 15 is 0 Å². The topological polar surface area (TPSA) is 87.0 Å². The standard InChI is InChI=1S/C18H24N4OS/c1-2-3-9-14-22-16-17(24-14)15-12(21-18(16)20)7-6-8-13(15)23-11-5-4-10-19/h6-8H,2-5,9-11,19H2,1H3,(H2,20,21). The fourth-order valence-electron chi connectivity index (χ4n) is 2.71. The Morgan fingerprint density at radius 1 is 1.17 bits per heavy atom. The molecule has 0 radical (unpaired) electrons. The fraction of sp³-hybridized carbons (Fsp3) is 0.444. The number of nitrogens with two attached hydrogens (primary N) is 2. The molecule has 0 aliphatic heterocycles. The second-order valence-electron chi connectivity index (χ2n) is 5.88. The van der Waals surface area contributed by atoms with Crippen LogP contribution in [0.5, 0.6) is 5.75 Å². The minimum atomic E-state index is 0.497. The van der Waals surface area contributed by atoms with E-state index in [1.165, 1.54) is 0 Å². The Labute approximate surface area is 146 Å². The van der Waals surface area contributed by atoms with Crippen molar-refractivity contribution in [3.05, 3.63) is 23.2 Å². The number of rotatable bonds is 8. The number of nitrogen functional groups attached to an aromatic ring is 1. The van der Waals surface area contributed by atoms with Crippen LogP contribution in [-0.2, 0) is 6.42 Å². The number of aryl methyl sites for hydroxylation is 1. The third kappa shape index (κ3) is 3.44. The maximum Gasteiger partial charge on any atom is 0.151 e. The molecule has 0 saturated heterocycles. The zero-order chi connectivity index (χ0) is 16.9. The Hall–Kier alpha value is -1.92. The van der Waals surface area contributed by atoms with Gasteiger partial charge in [-0.15, -0.1) is 11.3 Å². The lowest BCUT2D eigenvalue weighted by atomic mass is 10.2. The number of nitrogens with zero attached hydrogens (tertiary/aromatic N) is 2. The van der Waals surface area contributed by atoms with Crippen molar-refractivity contribution < 1.29 is 4.74 Å². The van der Waals surface area contributed by atoms with Gasteiger partial charge in [-0.25, -0.2) is 9.97 Å². The van der Waals surface area contributed by atoms with Gasteiger partial charge in [0.2, 0.25) is 0 Å². The quantitative estimate of drug-likeness (QED) is 0.605. The number of aromatic nitrogens is 2. The molecule has 24 heavy (non-hydrogen) atoms. The van der Waals surface area contributed by atoms with Crippen molar-refractivity contribution in [1.82, 2.24) is 9.97 Å². The summed E-state index contributed by atoms with van der Waals surface area (Å²) >= 11 is 1.71. The second kappa shape index (κ2) is 7.77. The third-order valence-corrected chi connectivity index (χ3v) is 5.12. The van der Waals surface area contributed by atoms with Gasteiger partial charge in [-0.05, 0) is 44.4 Å². The van der Waals surface area contributed by atoms with Crippen molar-refractivity contribution in [2.75, 3.05) is 18.9 Å². The highest BCUT2D eigenvalue weighted by molar-refractivity contribution is 7.19. The first-order chi connectivity index (χ1) is 11.7. The van der Waals surface area contributed by atoms with E-state index in [0.29, 0.717) is 19.0 Å². The lowest BCUT2D eigenvalue weighted by Gasteiger charge is -2.10. The summed E-state index contributed by atoms with van der Waals surface area (Å²) in [5.41, 5.74) is 13.3. The van der Waals surface area contributed by atoms with Gasteiger partial charge in [0.25, 0.3) is 0 Å². The SMILES string of the molecule is CCCCc1nc2c(N)nc3cccc(OCCCCN)c3c2s1. The van der Waals surface area contributed by atoms with Crippen LogP contribution in [0.2, 0.25) is 0 Å². The zero-order valence-corrected chi connectivity index (χ0v) is 14.9. The molecule has 128 valence electrons. The summed E-state index contributed by atoms with van der Waals surface area (Å²) in [6.45, 7) is 3.53. The Morgan fingerprint density at radius 3 is 2.83 bits per heavy atom. The average molecular weight is 344 g/mol. The molecule has 0 atom stereocenters. The van der Waals surface area contributed by atoms with Gasteiger partial charge in [-0.3, -0.25) is 0 Å². The molecule has 0 amide bonds. The molecule has 0 spiro atoms. The van der Waals surface area contributed by atoms with E-state index in [1.54, 1.807) is 11.3 Å². The average Bonchev–Trinajstić information content (AvgIpc) is 3.01. The predicted molar refractivity (Wildman–Crippen MR) is 102 cm³/mol. The van der Waals surface area contributed by atoms with Crippen molar-refractivity contribution in [2.45, 2.75) is 39.0 Å². The van der Waals surface area contributed by atoms with Crippen molar-refractivity contribution in [3.8, 4) is 5.75 Å². The van der Waals surface area contributed by atoms with Gasteiger partial charge in [0.05, 0.1) is 27.2 Å². The molecule has 5 nitrogen and oxygen atoms in total. The van der Waals surface area contributed by atoms with E-state index in [4.69, 9.17) is 21.2 Å². The number of pyridine rings is 1. The Morgan fingerprint density at radius 2 is 2.04 bits per heavy atom. The van der Waals surface area contributed by atoms with Crippen LogP contribution in [-0.4, -0.2) is 23.1 Å². The van der Waals surface area contributed by atoms with E-state index in [-0.39, 0.29) is 0 Å². The molecule has 2 aromatic heterocycles. The number of hydrogen-bond donors (Lipinski definition) is 2. The van der Waals surface area contributed by atoms with Crippen LogP contribution in [0.4, 0.5) is 5.82 Å². The summed E-state index contributed by atoms with van der Waals surface area (Å²) in [5.74, 6) is 1.35. The van der Waals surface area contributed by atoms with E-state index < -0.39 is 0 Å². The van der Waals surface area contributed by atoms with E-state index in [0.717, 1.165) is 64.0 Å². The van der Waals surface area contributed by atoms with E-state index in [2.05, 4.69) is 11.9 Å². The highest BCUT2D eigenvalue weighted by atomic mass is 32.1. The lowest BCUT2D eigenvalue weighted by Crippen LogP contribution is -2.04. The Balaban J connectivity index is 2.04. The summed E-state index contributed by atoms with van der Waals surface area (Å²) in [4.78, 5) is 9.23. The van der Waals surface area contributed by atoms with Crippen LogP contribution in [0.25, 0.3) is 21.1 Å². The van der Waals surface area contributed by atoms with Crippen LogP contribution in [0.3, 0.4) is 0 Å². The van der Waals surface area contributed by atoms with E-state index in [1.807, 2.05) is 18.2 Å². The molecule has 0 aliphatic rings. The van der Waals surface area contributed by atoms with Crippen molar-refractivity contribution >= 4 is 38.3 Å². The number of anilines is 1. The summed E-state index contributed by atoms with van der Waals surface area (Å²) < 4.78 is 7.08. The maximum absolute atomic E-state index is 6.13. The number of benzene rings is 1. The molecular weight excluding hydrogens is 320 g/mol. The van der Waals surface area contributed by atoms with Crippen molar-refractivity contribution in [3.63, 3.8) is 0 Å². The number of ether oxygens (including phenoxy) is 1. The molecule has 4 N–H and O–H groups in total. The second-order valence-corrected chi connectivity index (χ2v) is 6.96. The molecule has 0 unspecified atom stereocenters. The van der Waals surface area contributed by atoms with Gasteiger partial charge < -0.3 is 16.2 Å². The third-order valence-electron chi connectivity index (χ3n) is 3.99. The number of fused-ring (bicyclic) bond motifs is 3. The monoisotopic (exact) mass is 344 g/mol. The van der Waals surface area contributed by atoms with Crippen LogP contribution >= 0.6 is 11.3 Å². The first kappa shape index (κ1) is 16.9. The molecule has 3 rings (SSSR count). The fourth-order valence-corrected chi connectivity index (χ4v) is 3.89. The highest BCUT2D eigenvalue weighted by Crippen LogP contribution is 2.37. The summed E-state index contributed by atoms with van der Waals surface area (Å²) in [6, 6.07) is 5.93. The van der Waals surface area contributed by atoms with Gasteiger partial charge in [-0.2, -0.15) is 0 Å². The Bertz CT molecular complexity index is 831. The number of unbranched alkanes of at least 4 members (excludes halogenated alkanes) is 2. The van der Waals surface area contributed by atoms with Gasteiger partial charge in [-0.1, -0.05) is 19.4 Å². The summed E-state index contributed by atoms with van der Waals surface area (Å²) in [7, 11) is 0. The molecule has 0 aliphatic carbocycles. The minimum absolute atomic E-state index is 0.497. The first-order valence-electron chi connectivity index (χ1n) is 8.55. The number of thiazole rings is 1. The van der Waals surface area contributed by atoms with Gasteiger partial charge in [0.1, 0.15) is 11.3 Å². The zero-order valence-electron chi connectivity index (χ0n) is 14.0. The molecular formula is C18H24N4OS. The van der Waals surface area contributed by atoms with Crippen LogP contribution in [0.1, 0.15) is 37.6 Å². The Kier molecular flexibility index (Phi) is 5.48. The number of hydrogen-bond acceptors (Lipinski definition) is 6. The molecule has 0 bridgehead atoms. The van der Waals surface area contributed by atoms with Crippen LogP contribution in [0, 0.1) is 0 Å². The normalized spacial score (nSPS) is 11.4. The predicted octanol–water partition coefficient (Wildman–Crippen LogP) is 3.89. The lowest BCUT2D eigenvalue weighted by molar-refractivity contribution is 0.311. The van der Waals surface area contributed by atoms with Crippen LogP contribution < -0.4 is 16.2 Å². The van der Waals surface area contributed by atoms with E-state index in [9.17, 15) is 0 Å². The van der Waals surface area contributed by atoms with Crippen molar-refractivity contribution in [1.29, 1.82) is 0 Å². The first-order valence-corrected chi connectivity index (χ1v) is 9.36. The smallest absolute Gasteiger partial charge is 0.151 e. The van der Waals surface area contributed by atoms with Gasteiger partial charge in [0.15, 0.2) is 5.82 Å². The van der Waals surface area contributed by atoms with Crippen molar-refractivity contribution in [2.24, 2.45) is 5.73 Å². The summed E-state index contributed by atoms with van der Waals surface area (Å²) in [5, 5.41) is 2.14. The van der Waals surface area contributed by atoms with Crippen LogP contribution in [0.15, 0.2) is 18.2 Å². The van der Waals surface area contributed by atoms with Gasteiger partial charge >= 0.3 is 0 Å². The molecule has 0 fully saturated rings. The minimum Gasteiger partial charge on any atom is -0.493 e. The molecule has 0 saturated carbocycles.